The monoisotopic (exact) mass is 247 g/mol. The number of aromatic hydroxyl groups is 1. The molecule has 5 heteroatoms. The van der Waals surface area contributed by atoms with Crippen molar-refractivity contribution in [3.05, 3.63) is 29.2 Å². The van der Waals surface area contributed by atoms with Crippen LogP contribution in [0.25, 0.3) is 11.4 Å². The molecular formula is C13H17N3O2. The van der Waals surface area contributed by atoms with Gasteiger partial charge in [-0.1, -0.05) is 5.16 Å². The molecular weight excluding hydrogens is 230 g/mol. The number of benzene rings is 1. The fourth-order valence-corrected chi connectivity index (χ4v) is 1.81. The van der Waals surface area contributed by atoms with Crippen molar-refractivity contribution in [2.45, 2.75) is 26.7 Å². The molecule has 1 aromatic heterocycles. The number of hydrogen-bond donors (Lipinski definition) is 2. The summed E-state index contributed by atoms with van der Waals surface area (Å²) in [4.78, 5) is 4.31. The number of hydrogen-bond acceptors (Lipinski definition) is 5. The smallest absolute Gasteiger partial charge is 0.227 e. The Morgan fingerprint density at radius 2 is 1.94 bits per heavy atom. The molecule has 1 aromatic carbocycles. The highest BCUT2D eigenvalue weighted by Crippen LogP contribution is 2.27. The van der Waals surface area contributed by atoms with Crippen LogP contribution >= 0.6 is 0 Å². The predicted octanol–water partition coefficient (Wildman–Crippen LogP) is 1.95. The molecule has 0 spiro atoms. The van der Waals surface area contributed by atoms with Crippen LogP contribution in [0.2, 0.25) is 0 Å². The Morgan fingerprint density at radius 3 is 2.56 bits per heavy atom. The van der Waals surface area contributed by atoms with Crippen molar-refractivity contribution in [2.75, 3.05) is 6.54 Å². The summed E-state index contributed by atoms with van der Waals surface area (Å²) in [6.45, 7) is 4.30. The lowest BCUT2D eigenvalue weighted by Crippen LogP contribution is -2.00. The van der Waals surface area contributed by atoms with Gasteiger partial charge in [0.25, 0.3) is 0 Å². The molecule has 96 valence electrons. The molecule has 0 aliphatic heterocycles. The Kier molecular flexibility index (Phi) is 3.62. The molecule has 2 aromatic rings. The molecule has 0 radical (unpaired) electrons. The van der Waals surface area contributed by atoms with Crippen LogP contribution in [0.15, 0.2) is 16.7 Å². The molecule has 5 nitrogen and oxygen atoms in total. The van der Waals surface area contributed by atoms with E-state index in [1.165, 1.54) is 0 Å². The van der Waals surface area contributed by atoms with Crippen LogP contribution < -0.4 is 5.73 Å². The summed E-state index contributed by atoms with van der Waals surface area (Å²) in [6.07, 6.45) is 1.52. The molecule has 18 heavy (non-hydrogen) atoms. The maximum Gasteiger partial charge on any atom is 0.227 e. The lowest BCUT2D eigenvalue weighted by molar-refractivity contribution is 0.376. The van der Waals surface area contributed by atoms with Crippen molar-refractivity contribution in [1.82, 2.24) is 10.1 Å². The zero-order chi connectivity index (χ0) is 13.1. The Morgan fingerprint density at radius 1 is 1.28 bits per heavy atom. The number of nitrogens with zero attached hydrogens (tertiary/aromatic N) is 2. The predicted molar refractivity (Wildman–Crippen MR) is 68.2 cm³/mol. The molecule has 0 saturated heterocycles. The van der Waals surface area contributed by atoms with E-state index < -0.39 is 0 Å². The Labute approximate surface area is 106 Å². The second-order valence-electron chi connectivity index (χ2n) is 4.36. The van der Waals surface area contributed by atoms with Gasteiger partial charge in [0.2, 0.25) is 11.7 Å². The van der Waals surface area contributed by atoms with Gasteiger partial charge in [0.05, 0.1) is 0 Å². The molecule has 0 amide bonds. The topological polar surface area (TPSA) is 85.2 Å². The van der Waals surface area contributed by atoms with E-state index in [1.807, 2.05) is 26.0 Å². The summed E-state index contributed by atoms with van der Waals surface area (Å²) in [7, 11) is 0. The van der Waals surface area contributed by atoms with Crippen LogP contribution in [0.5, 0.6) is 5.75 Å². The van der Waals surface area contributed by atoms with Crippen molar-refractivity contribution in [1.29, 1.82) is 0 Å². The molecule has 0 fully saturated rings. The first-order valence-electron chi connectivity index (χ1n) is 5.95. The van der Waals surface area contributed by atoms with Gasteiger partial charge >= 0.3 is 0 Å². The second-order valence-corrected chi connectivity index (χ2v) is 4.36. The first-order chi connectivity index (χ1) is 8.61. The fourth-order valence-electron chi connectivity index (χ4n) is 1.81. The van der Waals surface area contributed by atoms with Crippen molar-refractivity contribution < 1.29 is 9.63 Å². The summed E-state index contributed by atoms with van der Waals surface area (Å²) >= 11 is 0. The third-order valence-corrected chi connectivity index (χ3v) is 2.81. The average molecular weight is 247 g/mol. The van der Waals surface area contributed by atoms with E-state index in [0.29, 0.717) is 30.4 Å². The molecule has 0 aliphatic carbocycles. The van der Waals surface area contributed by atoms with Gasteiger partial charge in [-0.2, -0.15) is 4.98 Å². The Balaban J connectivity index is 2.28. The molecule has 2 rings (SSSR count). The number of phenols is 1. The summed E-state index contributed by atoms with van der Waals surface area (Å²) < 4.78 is 5.15. The van der Waals surface area contributed by atoms with Gasteiger partial charge in [-0.05, 0) is 50.1 Å². The largest absolute Gasteiger partial charge is 0.507 e. The minimum absolute atomic E-state index is 0.311. The second kappa shape index (κ2) is 5.18. The van der Waals surface area contributed by atoms with E-state index in [4.69, 9.17) is 10.3 Å². The van der Waals surface area contributed by atoms with Gasteiger partial charge in [-0.15, -0.1) is 0 Å². The lowest BCUT2D eigenvalue weighted by atomic mass is 10.1. The van der Waals surface area contributed by atoms with Crippen LogP contribution in [-0.4, -0.2) is 21.8 Å². The number of aryl methyl sites for hydroxylation is 3. The van der Waals surface area contributed by atoms with Crippen LogP contribution in [0.4, 0.5) is 0 Å². The highest BCUT2D eigenvalue weighted by molar-refractivity contribution is 5.60. The summed E-state index contributed by atoms with van der Waals surface area (Å²) in [5.41, 5.74) is 7.89. The molecule has 0 aliphatic rings. The lowest BCUT2D eigenvalue weighted by Gasteiger charge is -2.04. The molecule has 0 bridgehead atoms. The van der Waals surface area contributed by atoms with Crippen LogP contribution in [0.3, 0.4) is 0 Å². The number of phenolic OH excluding ortho intramolecular Hbond substituents is 1. The van der Waals surface area contributed by atoms with Gasteiger partial charge in [-0.25, -0.2) is 0 Å². The zero-order valence-electron chi connectivity index (χ0n) is 10.6. The maximum absolute atomic E-state index is 9.72. The number of nitrogens with two attached hydrogens (primary N) is 1. The van der Waals surface area contributed by atoms with Crippen molar-refractivity contribution in [2.24, 2.45) is 5.73 Å². The van der Waals surface area contributed by atoms with Gasteiger partial charge < -0.3 is 15.4 Å². The minimum atomic E-state index is 0.311. The van der Waals surface area contributed by atoms with Gasteiger partial charge in [0.1, 0.15) is 5.75 Å². The molecule has 3 N–H and O–H groups in total. The normalized spacial score (nSPS) is 10.8. The fraction of sp³-hybridized carbons (Fsp3) is 0.385. The standard InChI is InChI=1S/C13H17N3O2/c1-8-6-10(7-9(2)12(8)17)13-15-11(18-16-13)4-3-5-14/h6-7,17H,3-5,14H2,1-2H3. The summed E-state index contributed by atoms with van der Waals surface area (Å²) in [6, 6.07) is 3.69. The quantitative estimate of drug-likeness (QED) is 0.862. The third-order valence-electron chi connectivity index (χ3n) is 2.81. The van der Waals surface area contributed by atoms with Crippen LogP contribution in [0.1, 0.15) is 23.4 Å². The molecule has 0 unspecified atom stereocenters. The maximum atomic E-state index is 9.72. The zero-order valence-corrected chi connectivity index (χ0v) is 10.6. The van der Waals surface area contributed by atoms with Crippen LogP contribution in [-0.2, 0) is 6.42 Å². The Bertz CT molecular complexity index is 526. The van der Waals surface area contributed by atoms with Crippen molar-refractivity contribution >= 4 is 0 Å². The molecule has 1 heterocycles. The van der Waals surface area contributed by atoms with E-state index in [-0.39, 0.29) is 0 Å². The van der Waals surface area contributed by atoms with E-state index in [2.05, 4.69) is 10.1 Å². The SMILES string of the molecule is Cc1cc(-c2noc(CCCN)n2)cc(C)c1O. The molecule has 0 atom stereocenters. The highest BCUT2D eigenvalue weighted by Gasteiger charge is 2.11. The van der Waals surface area contributed by atoms with Gasteiger partial charge in [0.15, 0.2) is 0 Å². The summed E-state index contributed by atoms with van der Waals surface area (Å²) in [5.74, 6) is 1.46. The van der Waals surface area contributed by atoms with Crippen molar-refractivity contribution in [3.8, 4) is 17.1 Å². The Hall–Kier alpha value is -1.88. The van der Waals surface area contributed by atoms with E-state index in [0.717, 1.165) is 23.1 Å². The average Bonchev–Trinajstić information content (AvgIpc) is 2.81. The molecule has 0 saturated carbocycles. The first-order valence-corrected chi connectivity index (χ1v) is 5.95. The third kappa shape index (κ3) is 2.51. The van der Waals surface area contributed by atoms with Crippen LogP contribution in [0, 0.1) is 13.8 Å². The summed E-state index contributed by atoms with van der Waals surface area (Å²) in [5, 5.41) is 13.7. The first kappa shape index (κ1) is 12.6. The van der Waals surface area contributed by atoms with Gasteiger partial charge in [-0.3, -0.25) is 0 Å². The highest BCUT2D eigenvalue weighted by atomic mass is 16.5. The van der Waals surface area contributed by atoms with E-state index in [1.54, 1.807) is 0 Å². The van der Waals surface area contributed by atoms with E-state index in [9.17, 15) is 5.11 Å². The number of aromatic nitrogens is 2. The minimum Gasteiger partial charge on any atom is -0.507 e. The van der Waals surface area contributed by atoms with Gasteiger partial charge in [0, 0.05) is 12.0 Å². The van der Waals surface area contributed by atoms with E-state index >= 15 is 0 Å². The van der Waals surface area contributed by atoms with Crippen molar-refractivity contribution in [3.63, 3.8) is 0 Å². The number of rotatable bonds is 4.